The Hall–Kier alpha value is -2.74. The summed E-state index contributed by atoms with van der Waals surface area (Å²) in [5, 5.41) is 0. The van der Waals surface area contributed by atoms with Crippen LogP contribution < -0.4 is 14.2 Å². The summed E-state index contributed by atoms with van der Waals surface area (Å²) in [6, 6.07) is 12.0. The molecule has 3 rings (SSSR count). The highest BCUT2D eigenvalue weighted by Gasteiger charge is 2.35. The molecule has 7 nitrogen and oxygen atoms in total. The summed E-state index contributed by atoms with van der Waals surface area (Å²) in [7, 11) is -0.0356. The van der Waals surface area contributed by atoms with Gasteiger partial charge in [-0.15, -0.1) is 0 Å². The van der Waals surface area contributed by atoms with Crippen molar-refractivity contribution in [3.8, 4) is 17.2 Å². The molecular formula is C23H29NO6S. The predicted molar refractivity (Wildman–Crippen MR) is 119 cm³/mol. The van der Waals surface area contributed by atoms with Crippen LogP contribution in [0.15, 0.2) is 42.5 Å². The van der Waals surface area contributed by atoms with Gasteiger partial charge < -0.3 is 19.1 Å². The average Bonchev–Trinajstić information content (AvgIpc) is 3.15. The topological polar surface area (TPSA) is 82.1 Å². The van der Waals surface area contributed by atoms with Gasteiger partial charge in [0.2, 0.25) is 0 Å². The van der Waals surface area contributed by atoms with Gasteiger partial charge in [0.25, 0.3) is 5.91 Å². The molecule has 1 atom stereocenters. The van der Waals surface area contributed by atoms with Crippen LogP contribution in [-0.2, 0) is 16.4 Å². The van der Waals surface area contributed by atoms with Gasteiger partial charge in [0.05, 0.1) is 32.3 Å². The Morgan fingerprint density at radius 3 is 2.35 bits per heavy atom. The second-order valence-corrected chi connectivity index (χ2v) is 9.78. The minimum atomic E-state index is -3.15. The molecule has 1 amide bonds. The molecule has 168 valence electrons. The lowest BCUT2D eigenvalue weighted by Gasteiger charge is -2.29. The van der Waals surface area contributed by atoms with Crippen molar-refractivity contribution in [2.75, 3.05) is 32.3 Å². The minimum absolute atomic E-state index is 0.0241. The van der Waals surface area contributed by atoms with Crippen molar-refractivity contribution < 1.29 is 27.4 Å². The van der Waals surface area contributed by atoms with Crippen LogP contribution in [0.2, 0.25) is 0 Å². The van der Waals surface area contributed by atoms with E-state index in [9.17, 15) is 13.2 Å². The zero-order valence-corrected chi connectivity index (χ0v) is 19.0. The number of hydrogen-bond donors (Lipinski definition) is 0. The van der Waals surface area contributed by atoms with Crippen LogP contribution in [0.4, 0.5) is 0 Å². The Morgan fingerprint density at radius 1 is 1.06 bits per heavy atom. The number of nitrogens with zero attached hydrogens (tertiary/aromatic N) is 1. The Kier molecular flexibility index (Phi) is 7.43. The smallest absolute Gasteiger partial charge is 0.254 e. The summed E-state index contributed by atoms with van der Waals surface area (Å²) in [6.07, 6.45) is 1.33. The third-order valence-corrected chi connectivity index (χ3v) is 7.04. The van der Waals surface area contributed by atoms with E-state index in [-0.39, 0.29) is 30.0 Å². The summed E-state index contributed by atoms with van der Waals surface area (Å²) < 4.78 is 40.4. The van der Waals surface area contributed by atoms with E-state index in [1.807, 2.05) is 19.1 Å². The summed E-state index contributed by atoms with van der Waals surface area (Å²) >= 11 is 0. The Bertz CT molecular complexity index is 1000. The molecular weight excluding hydrogens is 418 g/mol. The van der Waals surface area contributed by atoms with Gasteiger partial charge >= 0.3 is 0 Å². The van der Waals surface area contributed by atoms with Gasteiger partial charge in [-0.05, 0) is 54.8 Å². The van der Waals surface area contributed by atoms with Crippen molar-refractivity contribution >= 4 is 15.7 Å². The molecule has 0 bridgehead atoms. The average molecular weight is 448 g/mol. The van der Waals surface area contributed by atoms with Crippen LogP contribution in [0, 0.1) is 0 Å². The molecule has 0 aliphatic carbocycles. The molecule has 0 unspecified atom stereocenters. The minimum Gasteiger partial charge on any atom is -0.494 e. The van der Waals surface area contributed by atoms with E-state index >= 15 is 0 Å². The van der Waals surface area contributed by atoms with Crippen molar-refractivity contribution in [1.29, 1.82) is 0 Å². The van der Waals surface area contributed by atoms with E-state index in [4.69, 9.17) is 14.2 Å². The largest absolute Gasteiger partial charge is 0.494 e. The third kappa shape index (κ3) is 5.70. The van der Waals surface area contributed by atoms with Crippen molar-refractivity contribution in [2.24, 2.45) is 0 Å². The lowest BCUT2D eigenvalue weighted by atomic mass is 10.1. The molecule has 2 aromatic carbocycles. The standard InChI is InChI=1S/C23H29NO6S/c1-4-12-30-20-8-6-18(7-9-20)23(25)24(19-11-13-31(26,27)16-19)15-17-5-10-21(28-2)22(14-17)29-3/h5-10,14,19H,4,11-13,15-16H2,1-3H3/t19-/m1/s1. The SMILES string of the molecule is CCCOc1ccc(C(=O)N(Cc2ccc(OC)c(OC)c2)[C@@H]2CCS(=O)(=O)C2)cc1. The number of carbonyl (C=O) groups is 1. The molecule has 2 aromatic rings. The molecule has 1 aliphatic heterocycles. The Morgan fingerprint density at radius 2 is 1.77 bits per heavy atom. The molecule has 0 spiro atoms. The first-order valence-electron chi connectivity index (χ1n) is 10.3. The lowest BCUT2D eigenvalue weighted by molar-refractivity contribution is 0.0680. The first-order chi connectivity index (χ1) is 14.9. The van der Waals surface area contributed by atoms with Crippen molar-refractivity contribution in [1.82, 2.24) is 4.90 Å². The molecule has 1 fully saturated rings. The molecule has 31 heavy (non-hydrogen) atoms. The van der Waals surface area contributed by atoms with Gasteiger partial charge in [-0.1, -0.05) is 13.0 Å². The zero-order valence-electron chi connectivity index (χ0n) is 18.2. The maximum absolute atomic E-state index is 13.4. The summed E-state index contributed by atoms with van der Waals surface area (Å²) in [6.45, 7) is 2.91. The first-order valence-corrected chi connectivity index (χ1v) is 12.1. The number of rotatable bonds is 9. The number of hydrogen-bond acceptors (Lipinski definition) is 6. The highest BCUT2D eigenvalue weighted by molar-refractivity contribution is 7.91. The van der Waals surface area contributed by atoms with Crippen LogP contribution in [0.25, 0.3) is 0 Å². The number of sulfone groups is 1. The van der Waals surface area contributed by atoms with E-state index in [0.29, 0.717) is 35.8 Å². The summed E-state index contributed by atoms with van der Waals surface area (Å²) in [5.41, 5.74) is 1.33. The van der Waals surface area contributed by atoms with Gasteiger partial charge in [-0.2, -0.15) is 0 Å². The maximum atomic E-state index is 13.4. The molecule has 0 aromatic heterocycles. The fraction of sp³-hybridized carbons (Fsp3) is 0.435. The summed E-state index contributed by atoms with van der Waals surface area (Å²) in [4.78, 5) is 15.0. The number of amides is 1. The van der Waals surface area contributed by atoms with Crippen LogP contribution >= 0.6 is 0 Å². The lowest BCUT2D eigenvalue weighted by Crippen LogP contribution is -2.40. The van der Waals surface area contributed by atoms with Crippen LogP contribution in [0.1, 0.15) is 35.7 Å². The van der Waals surface area contributed by atoms with Crippen molar-refractivity contribution in [3.05, 3.63) is 53.6 Å². The quantitative estimate of drug-likeness (QED) is 0.587. The molecule has 0 radical (unpaired) electrons. The number of ether oxygens (including phenoxy) is 3. The molecule has 0 N–H and O–H groups in total. The van der Waals surface area contributed by atoms with E-state index in [2.05, 4.69) is 0 Å². The van der Waals surface area contributed by atoms with E-state index in [1.54, 1.807) is 49.5 Å². The van der Waals surface area contributed by atoms with Crippen molar-refractivity contribution in [3.63, 3.8) is 0 Å². The fourth-order valence-electron chi connectivity index (χ4n) is 3.64. The highest BCUT2D eigenvalue weighted by Crippen LogP contribution is 2.30. The van der Waals surface area contributed by atoms with Crippen molar-refractivity contribution in [2.45, 2.75) is 32.4 Å². The first kappa shape index (κ1) is 22.9. The number of carbonyl (C=O) groups excluding carboxylic acids is 1. The molecule has 1 heterocycles. The predicted octanol–water partition coefficient (Wildman–Crippen LogP) is 3.32. The molecule has 0 saturated carbocycles. The van der Waals surface area contributed by atoms with Gasteiger partial charge in [-0.3, -0.25) is 4.79 Å². The Labute approximate surface area is 183 Å². The molecule has 1 saturated heterocycles. The maximum Gasteiger partial charge on any atom is 0.254 e. The van der Waals surface area contributed by atoms with Crippen LogP contribution in [-0.4, -0.2) is 57.6 Å². The molecule has 1 aliphatic rings. The second-order valence-electron chi connectivity index (χ2n) is 7.55. The van der Waals surface area contributed by atoms with E-state index in [0.717, 1.165) is 12.0 Å². The van der Waals surface area contributed by atoms with Gasteiger partial charge in [0.1, 0.15) is 5.75 Å². The van der Waals surface area contributed by atoms with Crippen LogP contribution in [0.5, 0.6) is 17.2 Å². The highest BCUT2D eigenvalue weighted by atomic mass is 32.2. The zero-order chi connectivity index (χ0) is 22.4. The van der Waals surface area contributed by atoms with Gasteiger partial charge in [0, 0.05) is 18.2 Å². The molecule has 8 heteroatoms. The number of methoxy groups -OCH3 is 2. The monoisotopic (exact) mass is 447 g/mol. The van der Waals surface area contributed by atoms with Gasteiger partial charge in [0.15, 0.2) is 21.3 Å². The number of benzene rings is 2. The van der Waals surface area contributed by atoms with E-state index in [1.165, 1.54) is 0 Å². The normalized spacial score (nSPS) is 17.2. The summed E-state index contributed by atoms with van der Waals surface area (Å²) in [5.74, 6) is 1.72. The third-order valence-electron chi connectivity index (χ3n) is 5.29. The van der Waals surface area contributed by atoms with Crippen LogP contribution in [0.3, 0.4) is 0 Å². The van der Waals surface area contributed by atoms with Gasteiger partial charge in [-0.25, -0.2) is 8.42 Å². The van der Waals surface area contributed by atoms with E-state index < -0.39 is 9.84 Å². The Balaban J connectivity index is 1.87. The fourth-order valence-corrected chi connectivity index (χ4v) is 5.37. The second kappa shape index (κ2) is 10.0.